The molecule has 0 fully saturated rings. The van der Waals surface area contributed by atoms with E-state index in [1.807, 2.05) is 30.3 Å². The Balaban J connectivity index is 2.14. The number of carbonyl (C=O) groups is 2. The molecule has 24 heavy (non-hydrogen) atoms. The molecule has 2 rings (SSSR count). The van der Waals surface area contributed by atoms with Crippen LogP contribution in [0.15, 0.2) is 48.5 Å². The van der Waals surface area contributed by atoms with Crippen molar-refractivity contribution in [1.29, 1.82) is 0 Å². The summed E-state index contributed by atoms with van der Waals surface area (Å²) >= 11 is 0. The molecule has 4 nitrogen and oxygen atoms in total. The average Bonchev–Trinajstić information content (AvgIpc) is 2.56. The van der Waals surface area contributed by atoms with Crippen molar-refractivity contribution >= 4 is 17.5 Å². The van der Waals surface area contributed by atoms with Crippen LogP contribution in [-0.2, 0) is 16.1 Å². The van der Waals surface area contributed by atoms with Crippen molar-refractivity contribution in [3.05, 3.63) is 65.7 Å². The lowest BCUT2D eigenvalue weighted by Gasteiger charge is -2.26. The Kier molecular flexibility index (Phi) is 5.63. The van der Waals surface area contributed by atoms with Crippen molar-refractivity contribution in [1.82, 2.24) is 4.90 Å². The maximum absolute atomic E-state index is 13.6. The van der Waals surface area contributed by atoms with E-state index in [1.54, 1.807) is 13.8 Å². The number of rotatable bonds is 4. The lowest BCUT2D eigenvalue weighted by molar-refractivity contribution is -0.144. The van der Waals surface area contributed by atoms with Crippen LogP contribution in [0.4, 0.5) is 14.5 Å². The first-order valence-electron chi connectivity index (χ1n) is 7.49. The van der Waals surface area contributed by atoms with Gasteiger partial charge in [-0.1, -0.05) is 30.3 Å². The van der Waals surface area contributed by atoms with E-state index in [0.29, 0.717) is 0 Å². The molecule has 0 spiro atoms. The highest BCUT2D eigenvalue weighted by Crippen LogP contribution is 2.16. The van der Waals surface area contributed by atoms with E-state index in [-0.39, 0.29) is 18.3 Å². The summed E-state index contributed by atoms with van der Waals surface area (Å²) in [6.07, 6.45) is 0. The van der Waals surface area contributed by atoms with E-state index in [2.05, 4.69) is 5.32 Å². The minimum Gasteiger partial charge on any atom is -0.328 e. The molecule has 126 valence electrons. The average molecular weight is 332 g/mol. The maximum atomic E-state index is 13.6. The number of anilines is 1. The molecule has 2 amide bonds. The van der Waals surface area contributed by atoms with E-state index in [4.69, 9.17) is 0 Å². The summed E-state index contributed by atoms with van der Waals surface area (Å²) in [5.74, 6) is -3.33. The summed E-state index contributed by atoms with van der Waals surface area (Å²) in [6, 6.07) is 11.6. The standard InChI is InChI=1S/C18H18F2N2O2/c1-12(2)22(11-13-6-4-3-5-7-13)18(24)17(23)21-16-10-14(19)8-9-15(16)20/h3-10,12H,11H2,1-2H3,(H,21,23). The molecule has 0 atom stereocenters. The number of benzene rings is 2. The Morgan fingerprint density at radius 3 is 2.38 bits per heavy atom. The van der Waals surface area contributed by atoms with Crippen LogP contribution in [0.5, 0.6) is 0 Å². The summed E-state index contributed by atoms with van der Waals surface area (Å²) in [6.45, 7) is 3.80. The predicted molar refractivity (Wildman–Crippen MR) is 87.1 cm³/mol. The molecular weight excluding hydrogens is 314 g/mol. The first kappa shape index (κ1) is 17.6. The summed E-state index contributed by atoms with van der Waals surface area (Å²) < 4.78 is 26.8. The van der Waals surface area contributed by atoms with Crippen molar-refractivity contribution in [2.75, 3.05) is 5.32 Å². The molecule has 2 aromatic carbocycles. The van der Waals surface area contributed by atoms with Gasteiger partial charge in [-0.15, -0.1) is 0 Å². The molecule has 0 radical (unpaired) electrons. The number of nitrogens with one attached hydrogen (secondary N) is 1. The third kappa shape index (κ3) is 4.38. The quantitative estimate of drug-likeness (QED) is 0.873. The number of nitrogens with zero attached hydrogens (tertiary/aromatic N) is 1. The minimum absolute atomic E-state index is 0.235. The summed E-state index contributed by atoms with van der Waals surface area (Å²) in [5, 5.41) is 2.13. The van der Waals surface area contributed by atoms with Crippen molar-refractivity contribution in [2.45, 2.75) is 26.4 Å². The number of hydrogen-bond donors (Lipinski definition) is 1. The molecule has 6 heteroatoms. The van der Waals surface area contributed by atoms with Gasteiger partial charge in [-0.25, -0.2) is 8.78 Å². The van der Waals surface area contributed by atoms with Gasteiger partial charge >= 0.3 is 11.8 Å². The molecule has 0 aliphatic heterocycles. The van der Waals surface area contributed by atoms with Gasteiger partial charge in [0.05, 0.1) is 5.69 Å². The molecule has 0 saturated carbocycles. The van der Waals surface area contributed by atoms with Gasteiger partial charge < -0.3 is 10.2 Å². The first-order valence-corrected chi connectivity index (χ1v) is 7.49. The van der Waals surface area contributed by atoms with Gasteiger partial charge in [-0.05, 0) is 31.5 Å². The molecular formula is C18H18F2N2O2. The first-order chi connectivity index (χ1) is 11.4. The van der Waals surface area contributed by atoms with Gasteiger partial charge in [0.1, 0.15) is 11.6 Å². The maximum Gasteiger partial charge on any atom is 0.314 e. The highest BCUT2D eigenvalue weighted by Gasteiger charge is 2.25. The van der Waals surface area contributed by atoms with E-state index in [0.717, 1.165) is 23.8 Å². The lowest BCUT2D eigenvalue weighted by Crippen LogP contribution is -2.43. The molecule has 0 saturated heterocycles. The van der Waals surface area contributed by atoms with Gasteiger partial charge in [0.15, 0.2) is 0 Å². The third-order valence-electron chi connectivity index (χ3n) is 3.45. The fraction of sp³-hybridized carbons (Fsp3) is 0.222. The number of halogens is 2. The van der Waals surface area contributed by atoms with Crippen molar-refractivity contribution in [3.63, 3.8) is 0 Å². The minimum atomic E-state index is -1.01. The normalized spacial score (nSPS) is 10.5. The van der Waals surface area contributed by atoms with E-state index in [1.165, 1.54) is 4.90 Å². The largest absolute Gasteiger partial charge is 0.328 e. The van der Waals surface area contributed by atoms with Crippen molar-refractivity contribution in [2.24, 2.45) is 0 Å². The highest BCUT2D eigenvalue weighted by atomic mass is 19.1. The van der Waals surface area contributed by atoms with Gasteiger partial charge in [0.25, 0.3) is 0 Å². The fourth-order valence-corrected chi connectivity index (χ4v) is 2.17. The van der Waals surface area contributed by atoms with Crippen LogP contribution in [-0.4, -0.2) is 22.8 Å². The Morgan fingerprint density at radius 2 is 1.75 bits per heavy atom. The van der Waals surface area contributed by atoms with E-state index in [9.17, 15) is 18.4 Å². The number of hydrogen-bond acceptors (Lipinski definition) is 2. The predicted octanol–water partition coefficient (Wildman–Crippen LogP) is 3.34. The van der Waals surface area contributed by atoms with E-state index >= 15 is 0 Å². The van der Waals surface area contributed by atoms with Crippen LogP contribution < -0.4 is 5.32 Å². The molecule has 2 aromatic rings. The Hall–Kier alpha value is -2.76. The Bertz CT molecular complexity index is 733. The van der Waals surface area contributed by atoms with Crippen molar-refractivity contribution in [3.8, 4) is 0 Å². The summed E-state index contributed by atoms with van der Waals surface area (Å²) in [5.41, 5.74) is 0.501. The zero-order valence-electron chi connectivity index (χ0n) is 13.4. The van der Waals surface area contributed by atoms with Crippen LogP contribution in [0.1, 0.15) is 19.4 Å². The van der Waals surface area contributed by atoms with Crippen LogP contribution in [0, 0.1) is 11.6 Å². The molecule has 0 aromatic heterocycles. The lowest BCUT2D eigenvalue weighted by atomic mass is 10.2. The van der Waals surface area contributed by atoms with Gasteiger partial charge in [-0.2, -0.15) is 0 Å². The van der Waals surface area contributed by atoms with Gasteiger partial charge in [0, 0.05) is 18.7 Å². The van der Waals surface area contributed by atoms with Crippen LogP contribution >= 0.6 is 0 Å². The summed E-state index contributed by atoms with van der Waals surface area (Å²) in [4.78, 5) is 25.9. The van der Waals surface area contributed by atoms with Crippen LogP contribution in [0.3, 0.4) is 0 Å². The smallest absolute Gasteiger partial charge is 0.314 e. The van der Waals surface area contributed by atoms with Gasteiger partial charge in [0.2, 0.25) is 0 Å². The SMILES string of the molecule is CC(C)N(Cc1ccccc1)C(=O)C(=O)Nc1cc(F)ccc1F. The van der Waals surface area contributed by atoms with Crippen molar-refractivity contribution < 1.29 is 18.4 Å². The Labute approximate surface area is 139 Å². The highest BCUT2D eigenvalue weighted by molar-refractivity contribution is 6.39. The topological polar surface area (TPSA) is 49.4 Å². The molecule has 1 N–H and O–H groups in total. The van der Waals surface area contributed by atoms with Crippen LogP contribution in [0.25, 0.3) is 0 Å². The number of amides is 2. The number of carbonyl (C=O) groups excluding carboxylic acids is 2. The summed E-state index contributed by atoms with van der Waals surface area (Å²) in [7, 11) is 0. The molecule has 0 heterocycles. The fourth-order valence-electron chi connectivity index (χ4n) is 2.17. The molecule has 0 bridgehead atoms. The second-order valence-corrected chi connectivity index (χ2v) is 5.59. The second-order valence-electron chi connectivity index (χ2n) is 5.59. The Morgan fingerprint density at radius 1 is 1.08 bits per heavy atom. The second kappa shape index (κ2) is 7.68. The molecule has 0 aliphatic rings. The van der Waals surface area contributed by atoms with Crippen LogP contribution in [0.2, 0.25) is 0 Å². The zero-order valence-corrected chi connectivity index (χ0v) is 13.4. The zero-order chi connectivity index (χ0) is 17.7. The molecule has 0 aliphatic carbocycles. The monoisotopic (exact) mass is 332 g/mol. The van der Waals surface area contributed by atoms with E-state index < -0.39 is 23.4 Å². The third-order valence-corrected chi connectivity index (χ3v) is 3.45. The molecule has 0 unspecified atom stereocenters. The van der Waals surface area contributed by atoms with Gasteiger partial charge in [-0.3, -0.25) is 9.59 Å².